The summed E-state index contributed by atoms with van der Waals surface area (Å²) < 4.78 is 80.1. The van der Waals surface area contributed by atoms with E-state index in [1.165, 1.54) is 23.9 Å². The number of hydrogen-bond donors (Lipinski definition) is 1. The molecule has 1 N–H and O–H groups in total. The number of rotatable bonds is 6. The Hall–Kier alpha value is -3.97. The Morgan fingerprint density at radius 2 is 1.62 bits per heavy atom. The number of halogens is 6. The molecule has 0 bridgehead atoms. The second-order valence-electron chi connectivity index (χ2n) is 8.57. The van der Waals surface area contributed by atoms with Crippen molar-refractivity contribution in [2.45, 2.75) is 44.2 Å². The minimum atomic E-state index is -5.09. The molecule has 2 aromatic heterocycles. The highest BCUT2D eigenvalue weighted by molar-refractivity contribution is 5.95. The maximum atomic E-state index is 13.1. The smallest absolute Gasteiger partial charge is 0.342 e. The summed E-state index contributed by atoms with van der Waals surface area (Å²) in [4.78, 5) is 35.0. The predicted molar refractivity (Wildman–Crippen MR) is 117 cm³/mol. The van der Waals surface area contributed by atoms with Gasteiger partial charge in [-0.05, 0) is 50.1 Å². The lowest BCUT2D eigenvalue weighted by molar-refractivity contribution is -0.143. The molecule has 8 nitrogen and oxygen atoms in total. The first-order valence-corrected chi connectivity index (χ1v) is 11.0. The molecule has 3 aromatic rings. The van der Waals surface area contributed by atoms with Gasteiger partial charge in [-0.15, -0.1) is 0 Å². The number of nitrogens with zero attached hydrogens (tertiary/aromatic N) is 5. The van der Waals surface area contributed by atoms with E-state index in [1.807, 2.05) is 0 Å². The Morgan fingerprint density at radius 1 is 1.00 bits per heavy atom. The van der Waals surface area contributed by atoms with Crippen LogP contribution in [0, 0.1) is 0 Å². The highest BCUT2D eigenvalue weighted by Crippen LogP contribution is 2.36. The summed E-state index contributed by atoms with van der Waals surface area (Å²) >= 11 is 0. The Bertz CT molecular complexity index is 1280. The Kier molecular flexibility index (Phi) is 6.69. The molecule has 37 heavy (non-hydrogen) atoms. The van der Waals surface area contributed by atoms with E-state index >= 15 is 0 Å². The van der Waals surface area contributed by atoms with Gasteiger partial charge in [-0.25, -0.2) is 9.97 Å². The average molecular weight is 526 g/mol. The highest BCUT2D eigenvalue weighted by Gasteiger charge is 2.37. The number of hydrogen-bond acceptors (Lipinski definition) is 5. The van der Waals surface area contributed by atoms with Crippen LogP contribution in [0.5, 0.6) is 0 Å². The van der Waals surface area contributed by atoms with Crippen LogP contribution in [0.2, 0.25) is 0 Å². The summed E-state index contributed by atoms with van der Waals surface area (Å²) in [6.07, 6.45) is -5.79. The molecule has 14 heteroatoms. The summed E-state index contributed by atoms with van der Waals surface area (Å²) in [5.41, 5.74) is -3.67. The molecule has 4 rings (SSSR count). The molecule has 1 saturated carbocycles. The molecule has 1 fully saturated rings. The number of aromatic nitrogens is 4. The van der Waals surface area contributed by atoms with E-state index < -0.39 is 41.0 Å². The lowest BCUT2D eigenvalue weighted by Crippen LogP contribution is -2.30. The molecule has 0 radical (unpaired) electrons. The maximum Gasteiger partial charge on any atom is 0.416 e. The van der Waals surface area contributed by atoms with Gasteiger partial charge in [-0.3, -0.25) is 9.59 Å². The molecule has 2 heterocycles. The second kappa shape index (κ2) is 9.48. The first-order valence-electron chi connectivity index (χ1n) is 11.0. The summed E-state index contributed by atoms with van der Waals surface area (Å²) in [6.45, 7) is 1.43. The number of alkyl halides is 6. The van der Waals surface area contributed by atoms with Gasteiger partial charge in [0.2, 0.25) is 0 Å². The fourth-order valence-electron chi connectivity index (χ4n) is 3.62. The van der Waals surface area contributed by atoms with Crippen LogP contribution in [0.25, 0.3) is 5.82 Å². The van der Waals surface area contributed by atoms with Gasteiger partial charge in [-0.1, -0.05) is 0 Å². The number of benzene rings is 1. The summed E-state index contributed by atoms with van der Waals surface area (Å²) in [7, 11) is 1.70. The third-order valence-electron chi connectivity index (χ3n) is 5.79. The third-order valence-corrected chi connectivity index (χ3v) is 5.79. The largest absolute Gasteiger partial charge is 0.416 e. The number of pyridine rings is 1. The van der Waals surface area contributed by atoms with E-state index in [4.69, 9.17) is 0 Å². The first kappa shape index (κ1) is 26.1. The van der Waals surface area contributed by atoms with Crippen LogP contribution in [0.15, 0.2) is 42.9 Å². The minimum Gasteiger partial charge on any atom is -0.342 e. The molecule has 1 aromatic carbocycles. The van der Waals surface area contributed by atoms with E-state index in [-0.39, 0.29) is 29.7 Å². The monoisotopic (exact) mass is 526 g/mol. The molecule has 1 aliphatic rings. The SMILES string of the molecule is C[C@H](NC(=O)c1cc(C(F)(F)F)cc(C(F)(F)F)c1)c1ncnn1-c1ccc(C(=O)N(C)C2CC2)cn1. The van der Waals surface area contributed by atoms with Crippen molar-refractivity contribution in [2.75, 3.05) is 7.05 Å². The molecule has 1 aliphatic carbocycles. The van der Waals surface area contributed by atoms with Gasteiger partial charge in [0.15, 0.2) is 11.6 Å². The Morgan fingerprint density at radius 3 is 2.14 bits per heavy atom. The van der Waals surface area contributed by atoms with Crippen molar-refractivity contribution in [3.63, 3.8) is 0 Å². The van der Waals surface area contributed by atoms with Gasteiger partial charge in [0.05, 0.1) is 22.7 Å². The molecular formula is C23H20F6N6O2. The van der Waals surface area contributed by atoms with Crippen molar-refractivity contribution in [3.05, 3.63) is 70.9 Å². The topological polar surface area (TPSA) is 93.0 Å². The first-order chi connectivity index (χ1) is 17.3. The van der Waals surface area contributed by atoms with Crippen molar-refractivity contribution in [1.82, 2.24) is 30.0 Å². The zero-order valence-electron chi connectivity index (χ0n) is 19.4. The lowest BCUT2D eigenvalue weighted by Gasteiger charge is -2.17. The Balaban J connectivity index is 1.54. The van der Waals surface area contributed by atoms with Crippen LogP contribution in [-0.2, 0) is 12.4 Å². The number of carbonyl (C=O) groups is 2. The lowest BCUT2D eigenvalue weighted by atomic mass is 10.0. The van der Waals surface area contributed by atoms with Crippen LogP contribution < -0.4 is 5.32 Å². The van der Waals surface area contributed by atoms with Crippen LogP contribution >= 0.6 is 0 Å². The normalized spacial score (nSPS) is 14.8. The van der Waals surface area contributed by atoms with Crippen LogP contribution in [0.4, 0.5) is 26.3 Å². The zero-order chi connectivity index (χ0) is 27.1. The number of carbonyl (C=O) groups excluding carboxylic acids is 2. The second-order valence-corrected chi connectivity index (χ2v) is 8.57. The maximum absolute atomic E-state index is 13.1. The van der Waals surface area contributed by atoms with Crippen molar-refractivity contribution in [2.24, 2.45) is 0 Å². The molecule has 0 unspecified atom stereocenters. The van der Waals surface area contributed by atoms with Gasteiger partial charge in [0.25, 0.3) is 11.8 Å². The fourth-order valence-corrected chi connectivity index (χ4v) is 3.62. The van der Waals surface area contributed by atoms with Crippen molar-refractivity contribution >= 4 is 11.8 Å². The molecule has 0 saturated heterocycles. The van der Waals surface area contributed by atoms with E-state index in [9.17, 15) is 35.9 Å². The van der Waals surface area contributed by atoms with Gasteiger partial charge in [0, 0.05) is 24.8 Å². The van der Waals surface area contributed by atoms with E-state index in [0.29, 0.717) is 17.7 Å². The molecule has 2 amide bonds. The molecule has 1 atom stereocenters. The van der Waals surface area contributed by atoms with E-state index in [2.05, 4.69) is 20.4 Å². The fraction of sp³-hybridized carbons (Fsp3) is 0.348. The Labute approximate surface area is 206 Å². The van der Waals surface area contributed by atoms with Crippen molar-refractivity contribution in [1.29, 1.82) is 0 Å². The van der Waals surface area contributed by atoms with Crippen LogP contribution in [0.3, 0.4) is 0 Å². The predicted octanol–water partition coefficient (Wildman–Crippen LogP) is 4.43. The van der Waals surface area contributed by atoms with E-state index in [0.717, 1.165) is 19.2 Å². The summed E-state index contributed by atoms with van der Waals surface area (Å²) in [5, 5.41) is 6.37. The zero-order valence-corrected chi connectivity index (χ0v) is 19.4. The molecule has 0 spiro atoms. The van der Waals surface area contributed by atoms with Gasteiger partial charge < -0.3 is 10.2 Å². The molecular weight excluding hydrogens is 506 g/mol. The van der Waals surface area contributed by atoms with Crippen molar-refractivity contribution < 1.29 is 35.9 Å². The number of nitrogens with one attached hydrogen (secondary N) is 1. The summed E-state index contributed by atoms with van der Waals surface area (Å²) in [6, 6.07) is 2.91. The average Bonchev–Trinajstić information content (AvgIpc) is 3.57. The van der Waals surface area contributed by atoms with Gasteiger partial charge in [-0.2, -0.15) is 36.1 Å². The summed E-state index contributed by atoms with van der Waals surface area (Å²) in [5.74, 6) is -1.02. The van der Waals surface area contributed by atoms with E-state index in [1.54, 1.807) is 18.0 Å². The highest BCUT2D eigenvalue weighted by atomic mass is 19.4. The third kappa shape index (κ3) is 5.73. The van der Waals surface area contributed by atoms with Crippen LogP contribution in [-0.4, -0.2) is 49.6 Å². The number of amides is 2. The molecule has 0 aliphatic heterocycles. The minimum absolute atomic E-state index is 0.0562. The standard InChI is InChI=1S/C23H20F6N6O2/c1-12(33-20(36)14-7-15(22(24,25)26)9-16(8-14)23(27,28)29)19-31-11-32-35(19)18-6-3-13(10-30-18)21(37)34(2)17-4-5-17/h3,6-12,17H,4-5H2,1-2H3,(H,33,36)/t12-/m0/s1. The van der Waals surface area contributed by atoms with Crippen molar-refractivity contribution in [3.8, 4) is 5.82 Å². The van der Waals surface area contributed by atoms with Gasteiger partial charge >= 0.3 is 12.4 Å². The van der Waals surface area contributed by atoms with Crippen LogP contribution in [0.1, 0.15) is 63.5 Å². The molecule has 196 valence electrons. The quantitative estimate of drug-likeness (QED) is 0.480. The van der Waals surface area contributed by atoms with Gasteiger partial charge in [0.1, 0.15) is 6.33 Å².